The second kappa shape index (κ2) is 4.06. The molecule has 2 aromatic rings. The van der Waals surface area contributed by atoms with E-state index in [0.29, 0.717) is 23.1 Å². The third-order valence-electron chi connectivity index (χ3n) is 2.14. The SMILES string of the molecule is Cc1ccc(Oc2cc(N)ncn2)cc1N. The maximum absolute atomic E-state index is 5.77. The molecule has 1 aromatic carbocycles. The van der Waals surface area contributed by atoms with E-state index in [-0.39, 0.29) is 0 Å². The molecule has 16 heavy (non-hydrogen) atoms. The number of aromatic nitrogens is 2. The summed E-state index contributed by atoms with van der Waals surface area (Å²) in [5.74, 6) is 1.39. The van der Waals surface area contributed by atoms with Gasteiger partial charge < -0.3 is 16.2 Å². The quantitative estimate of drug-likeness (QED) is 0.746. The number of ether oxygens (including phenoxy) is 1. The van der Waals surface area contributed by atoms with Gasteiger partial charge in [0, 0.05) is 17.8 Å². The third kappa shape index (κ3) is 2.20. The lowest BCUT2D eigenvalue weighted by atomic mass is 10.2. The normalized spacial score (nSPS) is 10.1. The molecular weight excluding hydrogens is 204 g/mol. The number of benzene rings is 1. The molecule has 0 amide bonds. The van der Waals surface area contributed by atoms with Gasteiger partial charge in [-0.2, -0.15) is 0 Å². The molecular formula is C11H12N4O. The summed E-state index contributed by atoms with van der Waals surface area (Å²) >= 11 is 0. The Labute approximate surface area is 93.1 Å². The molecule has 82 valence electrons. The second-order valence-electron chi connectivity index (χ2n) is 3.40. The molecule has 0 fully saturated rings. The molecule has 0 atom stereocenters. The van der Waals surface area contributed by atoms with Crippen LogP contribution in [0.5, 0.6) is 11.6 Å². The van der Waals surface area contributed by atoms with Crippen LogP contribution in [0.2, 0.25) is 0 Å². The number of rotatable bonds is 2. The highest BCUT2D eigenvalue weighted by Gasteiger charge is 2.01. The minimum Gasteiger partial charge on any atom is -0.439 e. The van der Waals surface area contributed by atoms with Gasteiger partial charge in [-0.05, 0) is 18.6 Å². The van der Waals surface area contributed by atoms with E-state index in [9.17, 15) is 0 Å². The highest BCUT2D eigenvalue weighted by Crippen LogP contribution is 2.23. The minimum atomic E-state index is 0.366. The van der Waals surface area contributed by atoms with Gasteiger partial charge in [0.15, 0.2) is 0 Å². The van der Waals surface area contributed by atoms with Gasteiger partial charge in [0.25, 0.3) is 0 Å². The molecule has 0 aliphatic rings. The van der Waals surface area contributed by atoms with Gasteiger partial charge in [0.2, 0.25) is 5.88 Å². The zero-order valence-corrected chi connectivity index (χ0v) is 8.84. The van der Waals surface area contributed by atoms with Gasteiger partial charge in [0.05, 0.1) is 0 Å². The average Bonchev–Trinajstić information content (AvgIpc) is 2.24. The van der Waals surface area contributed by atoms with Crippen molar-refractivity contribution in [3.63, 3.8) is 0 Å². The number of aryl methyl sites for hydroxylation is 1. The smallest absolute Gasteiger partial charge is 0.224 e. The zero-order valence-electron chi connectivity index (χ0n) is 8.84. The Kier molecular flexibility index (Phi) is 2.59. The Hall–Kier alpha value is -2.30. The van der Waals surface area contributed by atoms with E-state index < -0.39 is 0 Å². The summed E-state index contributed by atoms with van der Waals surface area (Å²) in [5.41, 5.74) is 13.0. The predicted octanol–water partition coefficient (Wildman–Crippen LogP) is 1.74. The van der Waals surface area contributed by atoms with Gasteiger partial charge >= 0.3 is 0 Å². The summed E-state index contributed by atoms with van der Waals surface area (Å²) < 4.78 is 5.48. The van der Waals surface area contributed by atoms with E-state index in [1.807, 2.05) is 19.1 Å². The Balaban J connectivity index is 2.24. The fraction of sp³-hybridized carbons (Fsp3) is 0.0909. The lowest BCUT2D eigenvalue weighted by Gasteiger charge is -2.06. The first kappa shape index (κ1) is 10.2. The number of nitrogens with zero attached hydrogens (tertiary/aromatic N) is 2. The Morgan fingerprint density at radius 3 is 2.62 bits per heavy atom. The van der Waals surface area contributed by atoms with Crippen molar-refractivity contribution in [1.82, 2.24) is 9.97 Å². The van der Waals surface area contributed by atoms with Crippen LogP contribution < -0.4 is 16.2 Å². The van der Waals surface area contributed by atoms with E-state index >= 15 is 0 Å². The van der Waals surface area contributed by atoms with Crippen molar-refractivity contribution in [3.8, 4) is 11.6 Å². The maximum atomic E-state index is 5.77. The molecule has 0 spiro atoms. The van der Waals surface area contributed by atoms with Crippen molar-refractivity contribution in [2.45, 2.75) is 6.92 Å². The molecule has 0 bridgehead atoms. The fourth-order valence-corrected chi connectivity index (χ4v) is 1.21. The highest BCUT2D eigenvalue weighted by atomic mass is 16.5. The van der Waals surface area contributed by atoms with Crippen LogP contribution in [0, 0.1) is 6.92 Å². The highest BCUT2D eigenvalue weighted by molar-refractivity contribution is 5.51. The molecule has 0 radical (unpaired) electrons. The summed E-state index contributed by atoms with van der Waals surface area (Å²) in [4.78, 5) is 7.71. The van der Waals surface area contributed by atoms with Crippen molar-refractivity contribution < 1.29 is 4.74 Å². The van der Waals surface area contributed by atoms with Crippen molar-refractivity contribution in [2.24, 2.45) is 0 Å². The van der Waals surface area contributed by atoms with Crippen LogP contribution in [0.3, 0.4) is 0 Å². The molecule has 2 rings (SSSR count). The van der Waals surface area contributed by atoms with Crippen LogP contribution in [-0.2, 0) is 0 Å². The summed E-state index contributed by atoms with van der Waals surface area (Å²) in [6, 6.07) is 7.00. The van der Waals surface area contributed by atoms with Crippen LogP contribution in [0.25, 0.3) is 0 Å². The van der Waals surface area contributed by atoms with Crippen molar-refractivity contribution in [3.05, 3.63) is 36.2 Å². The van der Waals surface area contributed by atoms with Crippen LogP contribution >= 0.6 is 0 Å². The molecule has 0 aliphatic carbocycles. The number of nitrogens with two attached hydrogens (primary N) is 2. The van der Waals surface area contributed by atoms with Crippen LogP contribution in [0.15, 0.2) is 30.6 Å². The van der Waals surface area contributed by atoms with Gasteiger partial charge in [-0.3, -0.25) is 0 Å². The first-order valence-corrected chi connectivity index (χ1v) is 4.76. The van der Waals surface area contributed by atoms with Gasteiger partial charge in [-0.25, -0.2) is 9.97 Å². The predicted molar refractivity (Wildman–Crippen MR) is 62.1 cm³/mol. The van der Waals surface area contributed by atoms with Crippen LogP contribution in [-0.4, -0.2) is 9.97 Å². The Bertz CT molecular complexity index is 513. The van der Waals surface area contributed by atoms with E-state index in [1.165, 1.54) is 6.33 Å². The summed E-state index contributed by atoms with van der Waals surface area (Å²) in [5, 5.41) is 0. The number of hydrogen-bond donors (Lipinski definition) is 2. The van der Waals surface area contributed by atoms with E-state index in [2.05, 4.69) is 9.97 Å². The first-order chi connectivity index (χ1) is 7.65. The Morgan fingerprint density at radius 1 is 1.12 bits per heavy atom. The monoisotopic (exact) mass is 216 g/mol. The van der Waals surface area contributed by atoms with Crippen LogP contribution in [0.4, 0.5) is 11.5 Å². The van der Waals surface area contributed by atoms with Gasteiger partial charge in [-0.1, -0.05) is 6.07 Å². The third-order valence-corrected chi connectivity index (χ3v) is 2.14. The second-order valence-corrected chi connectivity index (χ2v) is 3.40. The lowest BCUT2D eigenvalue weighted by molar-refractivity contribution is 0.462. The van der Waals surface area contributed by atoms with Crippen LogP contribution in [0.1, 0.15) is 5.56 Å². The van der Waals surface area contributed by atoms with Crippen molar-refractivity contribution in [2.75, 3.05) is 11.5 Å². The van der Waals surface area contributed by atoms with E-state index in [4.69, 9.17) is 16.2 Å². The average molecular weight is 216 g/mol. The standard InChI is InChI=1S/C11H12N4O/c1-7-2-3-8(4-9(7)12)16-11-5-10(13)14-6-15-11/h2-6H,12H2,1H3,(H2,13,14,15). The summed E-state index contributed by atoms with van der Waals surface area (Å²) in [6.45, 7) is 1.93. The number of hydrogen-bond acceptors (Lipinski definition) is 5. The minimum absolute atomic E-state index is 0.366. The largest absolute Gasteiger partial charge is 0.439 e. The number of anilines is 2. The lowest BCUT2D eigenvalue weighted by Crippen LogP contribution is -1.95. The molecule has 0 saturated heterocycles. The molecule has 0 unspecified atom stereocenters. The molecule has 5 heteroatoms. The molecule has 4 N–H and O–H groups in total. The first-order valence-electron chi connectivity index (χ1n) is 4.76. The zero-order chi connectivity index (χ0) is 11.5. The van der Waals surface area contributed by atoms with Crippen molar-refractivity contribution in [1.29, 1.82) is 0 Å². The molecule has 5 nitrogen and oxygen atoms in total. The number of nitrogen functional groups attached to an aromatic ring is 2. The van der Waals surface area contributed by atoms with E-state index in [0.717, 1.165) is 5.56 Å². The summed E-state index contributed by atoms with van der Waals surface area (Å²) in [6.07, 6.45) is 1.35. The molecule has 1 heterocycles. The van der Waals surface area contributed by atoms with Gasteiger partial charge in [-0.15, -0.1) is 0 Å². The van der Waals surface area contributed by atoms with E-state index in [1.54, 1.807) is 12.1 Å². The molecule has 0 aliphatic heterocycles. The molecule has 0 saturated carbocycles. The topological polar surface area (TPSA) is 87.0 Å². The van der Waals surface area contributed by atoms with Gasteiger partial charge in [0.1, 0.15) is 17.9 Å². The summed E-state index contributed by atoms with van der Waals surface area (Å²) in [7, 11) is 0. The Morgan fingerprint density at radius 2 is 1.94 bits per heavy atom. The maximum Gasteiger partial charge on any atom is 0.224 e. The fourth-order valence-electron chi connectivity index (χ4n) is 1.21. The van der Waals surface area contributed by atoms with Crippen molar-refractivity contribution >= 4 is 11.5 Å². The molecule has 1 aromatic heterocycles.